The highest BCUT2D eigenvalue weighted by Crippen LogP contribution is 2.35. The Bertz CT molecular complexity index is 1190. The average molecular weight is 514 g/mol. The predicted molar refractivity (Wildman–Crippen MR) is 125 cm³/mol. The molecule has 1 aliphatic rings. The van der Waals surface area contributed by atoms with Gasteiger partial charge in [-0.05, 0) is 73.7 Å². The maximum atomic E-state index is 13.5. The molecule has 1 aliphatic carbocycles. The van der Waals surface area contributed by atoms with Crippen LogP contribution in [0.1, 0.15) is 36.9 Å². The summed E-state index contributed by atoms with van der Waals surface area (Å²) in [4.78, 5) is 16.1. The smallest absolute Gasteiger partial charge is 0.382 e. The number of hydrogen-bond donors (Lipinski definition) is 2. The molecule has 2 N–H and O–H groups in total. The van der Waals surface area contributed by atoms with Crippen molar-refractivity contribution in [1.82, 2.24) is 10.3 Å². The van der Waals surface area contributed by atoms with Crippen molar-refractivity contribution >= 4 is 45.7 Å². The molecule has 4 rings (SSSR count). The lowest BCUT2D eigenvalue weighted by atomic mass is 9.90. The van der Waals surface area contributed by atoms with Crippen LogP contribution in [0, 0.1) is 5.82 Å². The molecular formula is C24H21Cl2F4N3O. The molecule has 1 amide bonds. The van der Waals surface area contributed by atoms with Crippen LogP contribution in [0.15, 0.2) is 42.5 Å². The molecule has 0 radical (unpaired) electrons. The van der Waals surface area contributed by atoms with Crippen molar-refractivity contribution in [3.8, 4) is 0 Å². The first-order chi connectivity index (χ1) is 16.1. The van der Waals surface area contributed by atoms with Crippen LogP contribution in [0.2, 0.25) is 10.0 Å². The third-order valence-electron chi connectivity index (χ3n) is 5.80. The number of benzene rings is 2. The lowest BCUT2D eigenvalue weighted by Crippen LogP contribution is -2.40. The van der Waals surface area contributed by atoms with Gasteiger partial charge in [-0.15, -0.1) is 0 Å². The standard InChI is InChI=1S/C24H21Cl2F4N3O/c25-14-1-6-20-19(11-14)21(12-22(33-20)24(28,29)30)31-17-2-4-18(5-3-17)32-23(34)9-13-7-15(26)10-16(27)8-13/h1,6-8,10-12,17-18H,2-5,9H2,(H,31,33)(H,32,34). The van der Waals surface area contributed by atoms with Gasteiger partial charge in [0.15, 0.2) is 0 Å². The Hall–Kier alpha value is -2.58. The summed E-state index contributed by atoms with van der Waals surface area (Å²) in [5.74, 6) is -0.733. The van der Waals surface area contributed by atoms with E-state index in [1.807, 2.05) is 0 Å². The number of fused-ring (bicyclic) bond motifs is 1. The fraction of sp³-hybridized carbons (Fsp3) is 0.333. The van der Waals surface area contributed by atoms with Crippen molar-refractivity contribution in [2.75, 3.05) is 5.32 Å². The van der Waals surface area contributed by atoms with Gasteiger partial charge in [0.25, 0.3) is 0 Å². The Morgan fingerprint density at radius 2 is 1.68 bits per heavy atom. The minimum absolute atomic E-state index is 0.0135. The summed E-state index contributed by atoms with van der Waals surface area (Å²) in [6, 6.07) is 9.44. The molecule has 4 nitrogen and oxygen atoms in total. The number of rotatable bonds is 5. The van der Waals surface area contributed by atoms with E-state index < -0.39 is 17.7 Å². The molecule has 1 heterocycles. The lowest BCUT2D eigenvalue weighted by Gasteiger charge is -2.31. The third kappa shape index (κ3) is 6.10. The summed E-state index contributed by atoms with van der Waals surface area (Å²) in [5.41, 5.74) is 0.0557. The highest BCUT2D eigenvalue weighted by molar-refractivity contribution is 6.31. The number of carbonyl (C=O) groups excluding carboxylic acids is 1. The maximum Gasteiger partial charge on any atom is 0.433 e. The monoisotopic (exact) mass is 513 g/mol. The van der Waals surface area contributed by atoms with Crippen LogP contribution in [0.25, 0.3) is 10.9 Å². The van der Waals surface area contributed by atoms with E-state index in [1.54, 1.807) is 12.1 Å². The van der Waals surface area contributed by atoms with E-state index in [0.29, 0.717) is 47.3 Å². The first-order valence-electron chi connectivity index (χ1n) is 10.8. The van der Waals surface area contributed by atoms with E-state index >= 15 is 0 Å². The van der Waals surface area contributed by atoms with Crippen LogP contribution in [0.4, 0.5) is 23.2 Å². The van der Waals surface area contributed by atoms with E-state index in [-0.39, 0.29) is 35.0 Å². The highest BCUT2D eigenvalue weighted by Gasteiger charge is 2.34. The van der Waals surface area contributed by atoms with Gasteiger partial charge in [0.05, 0.1) is 11.9 Å². The van der Waals surface area contributed by atoms with Crippen molar-refractivity contribution < 1.29 is 22.4 Å². The van der Waals surface area contributed by atoms with Gasteiger partial charge in [0.2, 0.25) is 5.91 Å². The van der Waals surface area contributed by atoms with Gasteiger partial charge in [0, 0.05) is 33.2 Å². The van der Waals surface area contributed by atoms with E-state index in [4.69, 9.17) is 23.2 Å². The first-order valence-corrected chi connectivity index (χ1v) is 11.5. The normalized spacial score (nSPS) is 18.6. The summed E-state index contributed by atoms with van der Waals surface area (Å²) in [5, 5.41) is 7.32. The molecule has 3 aromatic rings. The zero-order valence-corrected chi connectivity index (χ0v) is 19.4. The van der Waals surface area contributed by atoms with Crippen LogP contribution in [-0.4, -0.2) is 23.0 Å². The quantitative estimate of drug-likeness (QED) is 0.369. The maximum absolute atomic E-state index is 13.5. The Kier molecular flexibility index (Phi) is 7.19. The minimum Gasteiger partial charge on any atom is -0.382 e. The minimum atomic E-state index is -4.57. The zero-order chi connectivity index (χ0) is 24.5. The number of carbonyl (C=O) groups is 1. The number of aromatic nitrogens is 1. The average Bonchev–Trinajstić information content (AvgIpc) is 2.73. The topological polar surface area (TPSA) is 54.0 Å². The van der Waals surface area contributed by atoms with Crippen LogP contribution in [0.5, 0.6) is 0 Å². The molecule has 1 saturated carbocycles. The van der Waals surface area contributed by atoms with Gasteiger partial charge in [0.1, 0.15) is 11.5 Å². The number of alkyl halides is 3. The number of nitrogens with zero attached hydrogens (tertiary/aromatic N) is 1. The molecule has 0 atom stereocenters. The van der Waals surface area contributed by atoms with E-state index in [1.165, 1.54) is 24.3 Å². The molecular weight excluding hydrogens is 493 g/mol. The molecule has 1 aromatic heterocycles. The summed E-state index contributed by atoms with van der Waals surface area (Å²) >= 11 is 11.9. The summed E-state index contributed by atoms with van der Waals surface area (Å²) in [6.45, 7) is 0. The number of anilines is 1. The molecule has 0 saturated heterocycles. The Balaban J connectivity index is 1.39. The van der Waals surface area contributed by atoms with Gasteiger partial charge in [-0.1, -0.05) is 23.2 Å². The summed E-state index contributed by atoms with van der Waals surface area (Å²) in [7, 11) is 0. The zero-order valence-electron chi connectivity index (χ0n) is 17.9. The van der Waals surface area contributed by atoms with Gasteiger partial charge >= 0.3 is 6.18 Å². The van der Waals surface area contributed by atoms with Crippen LogP contribution < -0.4 is 10.6 Å². The molecule has 2 aromatic carbocycles. The molecule has 0 spiro atoms. The molecule has 0 bridgehead atoms. The number of amides is 1. The van der Waals surface area contributed by atoms with Gasteiger partial charge in [-0.25, -0.2) is 9.37 Å². The molecule has 0 aliphatic heterocycles. The Morgan fingerprint density at radius 3 is 2.35 bits per heavy atom. The Morgan fingerprint density at radius 1 is 0.971 bits per heavy atom. The van der Waals surface area contributed by atoms with Crippen LogP contribution in [0.3, 0.4) is 0 Å². The van der Waals surface area contributed by atoms with E-state index in [0.717, 1.165) is 6.07 Å². The lowest BCUT2D eigenvalue weighted by molar-refractivity contribution is -0.140. The van der Waals surface area contributed by atoms with Crippen molar-refractivity contribution in [3.63, 3.8) is 0 Å². The van der Waals surface area contributed by atoms with Gasteiger partial charge in [-0.3, -0.25) is 4.79 Å². The second-order valence-electron chi connectivity index (χ2n) is 8.43. The van der Waals surface area contributed by atoms with Crippen molar-refractivity contribution in [1.29, 1.82) is 0 Å². The number of pyridine rings is 1. The van der Waals surface area contributed by atoms with Crippen LogP contribution >= 0.6 is 23.2 Å². The predicted octanol–water partition coefficient (Wildman–Crippen LogP) is 6.78. The molecule has 34 heavy (non-hydrogen) atoms. The largest absolute Gasteiger partial charge is 0.433 e. The van der Waals surface area contributed by atoms with Gasteiger partial charge in [-0.2, -0.15) is 13.2 Å². The molecule has 180 valence electrons. The van der Waals surface area contributed by atoms with Crippen molar-refractivity contribution in [2.45, 2.75) is 50.4 Å². The third-order valence-corrected chi connectivity index (χ3v) is 6.25. The fourth-order valence-electron chi connectivity index (χ4n) is 4.24. The molecule has 1 fully saturated rings. The summed E-state index contributed by atoms with van der Waals surface area (Å²) in [6.07, 6.45) is -1.94. The number of halogens is 6. The van der Waals surface area contributed by atoms with Crippen molar-refractivity contribution in [2.24, 2.45) is 0 Å². The second kappa shape index (κ2) is 9.96. The van der Waals surface area contributed by atoms with Crippen molar-refractivity contribution in [3.05, 3.63) is 69.6 Å². The molecule has 10 heteroatoms. The number of nitrogens with one attached hydrogen (secondary N) is 2. The SMILES string of the molecule is O=C(Cc1cc(F)cc(Cl)c1)NC1CCC(Nc2cc(C(F)(F)F)nc3ccc(Cl)cc23)CC1. The summed E-state index contributed by atoms with van der Waals surface area (Å²) < 4.78 is 53.5. The Labute approximate surface area is 203 Å². The van der Waals surface area contributed by atoms with Gasteiger partial charge < -0.3 is 10.6 Å². The second-order valence-corrected chi connectivity index (χ2v) is 9.30. The fourth-order valence-corrected chi connectivity index (χ4v) is 4.66. The highest BCUT2D eigenvalue weighted by atomic mass is 35.5. The van der Waals surface area contributed by atoms with E-state index in [2.05, 4.69) is 15.6 Å². The molecule has 0 unspecified atom stereocenters. The first kappa shape index (κ1) is 24.5. The van der Waals surface area contributed by atoms with E-state index in [9.17, 15) is 22.4 Å². The van der Waals surface area contributed by atoms with Crippen LogP contribution in [-0.2, 0) is 17.4 Å². The number of hydrogen-bond acceptors (Lipinski definition) is 3.